The van der Waals surface area contributed by atoms with Crippen molar-refractivity contribution >= 4 is 5.91 Å². The van der Waals surface area contributed by atoms with E-state index in [1.807, 2.05) is 20.8 Å². The molecule has 3 N–H and O–H groups in total. The average molecular weight is 303 g/mol. The summed E-state index contributed by atoms with van der Waals surface area (Å²) in [5.74, 6) is -0.0857. The number of hydrogen-bond acceptors (Lipinski definition) is 3. The third-order valence-electron chi connectivity index (χ3n) is 4.28. The van der Waals surface area contributed by atoms with Gasteiger partial charge in [0, 0.05) is 13.1 Å². The number of carbonyl (C=O) groups excluding carboxylic acids is 1. The molecule has 1 heterocycles. The predicted octanol–water partition coefficient (Wildman–Crippen LogP) is 2.27. The fraction of sp³-hybridized carbons (Fsp3) is 0.611. The molecule has 0 radical (unpaired) electrons. The van der Waals surface area contributed by atoms with E-state index in [2.05, 4.69) is 34.5 Å². The Morgan fingerprint density at radius 2 is 1.91 bits per heavy atom. The van der Waals surface area contributed by atoms with Gasteiger partial charge in [-0.15, -0.1) is 0 Å². The molecule has 2 rings (SSSR count). The molecule has 0 unspecified atom stereocenters. The highest BCUT2D eigenvalue weighted by Gasteiger charge is 2.27. The van der Waals surface area contributed by atoms with E-state index >= 15 is 0 Å². The van der Waals surface area contributed by atoms with E-state index in [9.17, 15) is 4.79 Å². The minimum Gasteiger partial charge on any atom is -0.351 e. The second-order valence-electron chi connectivity index (χ2n) is 7.36. The highest BCUT2D eigenvalue weighted by molar-refractivity contribution is 5.82. The highest BCUT2D eigenvalue weighted by atomic mass is 16.2. The maximum absolute atomic E-state index is 12.1. The van der Waals surface area contributed by atoms with Gasteiger partial charge in [0.15, 0.2) is 0 Å². The zero-order valence-electron chi connectivity index (χ0n) is 14.1. The molecule has 1 aliphatic rings. The number of nitrogens with two attached hydrogens (primary N) is 1. The van der Waals surface area contributed by atoms with E-state index in [-0.39, 0.29) is 11.3 Å². The van der Waals surface area contributed by atoms with Gasteiger partial charge in [0.05, 0.1) is 6.04 Å². The van der Waals surface area contributed by atoms with Crippen LogP contribution in [0.5, 0.6) is 0 Å². The molecular formula is C18H29N3O. The van der Waals surface area contributed by atoms with Crippen molar-refractivity contribution in [2.45, 2.75) is 52.7 Å². The van der Waals surface area contributed by atoms with Crippen molar-refractivity contribution in [2.24, 2.45) is 11.1 Å². The Bertz CT molecular complexity index is 501. The van der Waals surface area contributed by atoms with Crippen molar-refractivity contribution in [1.82, 2.24) is 10.2 Å². The Hall–Kier alpha value is -1.39. The van der Waals surface area contributed by atoms with Crippen LogP contribution in [0.2, 0.25) is 0 Å². The van der Waals surface area contributed by atoms with Crippen LogP contribution in [-0.4, -0.2) is 29.9 Å². The lowest BCUT2D eigenvalue weighted by molar-refractivity contribution is -0.124. The van der Waals surface area contributed by atoms with Crippen molar-refractivity contribution in [3.05, 3.63) is 35.4 Å². The standard InChI is InChI=1S/C18H29N3O/c1-18(2,3)16(19)17(22)20-12-14-7-6-8-15(11-14)13-21-9-4-5-10-21/h6-8,11,16H,4-5,9-10,12-13,19H2,1-3H3,(H,20,22)/t16-/m1/s1. The first-order valence-corrected chi connectivity index (χ1v) is 8.20. The molecule has 0 aromatic heterocycles. The summed E-state index contributed by atoms with van der Waals surface area (Å²) in [7, 11) is 0. The Morgan fingerprint density at radius 1 is 1.27 bits per heavy atom. The first kappa shape index (κ1) is 17.0. The van der Waals surface area contributed by atoms with Crippen LogP contribution in [0.4, 0.5) is 0 Å². The summed E-state index contributed by atoms with van der Waals surface area (Å²) < 4.78 is 0. The fourth-order valence-corrected chi connectivity index (χ4v) is 2.73. The maximum atomic E-state index is 12.1. The Kier molecular flexibility index (Phi) is 5.59. The number of rotatable bonds is 5. The summed E-state index contributed by atoms with van der Waals surface area (Å²) in [6.07, 6.45) is 2.61. The van der Waals surface area contributed by atoms with E-state index in [1.54, 1.807) is 0 Å². The van der Waals surface area contributed by atoms with E-state index in [4.69, 9.17) is 5.73 Å². The summed E-state index contributed by atoms with van der Waals surface area (Å²) in [5, 5.41) is 2.95. The van der Waals surface area contributed by atoms with Gasteiger partial charge in [-0.05, 0) is 42.5 Å². The molecule has 122 valence electrons. The molecule has 1 aliphatic heterocycles. The van der Waals surface area contributed by atoms with Gasteiger partial charge in [0.25, 0.3) is 0 Å². The van der Waals surface area contributed by atoms with Gasteiger partial charge in [-0.25, -0.2) is 0 Å². The highest BCUT2D eigenvalue weighted by Crippen LogP contribution is 2.17. The second kappa shape index (κ2) is 7.25. The molecule has 0 aliphatic carbocycles. The van der Waals surface area contributed by atoms with Gasteiger partial charge in [0.1, 0.15) is 0 Å². The molecule has 4 heteroatoms. The summed E-state index contributed by atoms with van der Waals surface area (Å²) >= 11 is 0. The lowest BCUT2D eigenvalue weighted by Crippen LogP contribution is -2.48. The van der Waals surface area contributed by atoms with Crippen LogP contribution in [-0.2, 0) is 17.9 Å². The quantitative estimate of drug-likeness (QED) is 0.877. The average Bonchev–Trinajstić information content (AvgIpc) is 2.96. The SMILES string of the molecule is CC(C)(C)[C@H](N)C(=O)NCc1cccc(CN2CCCC2)c1. The molecule has 1 aromatic carbocycles. The molecule has 1 atom stereocenters. The van der Waals surface area contributed by atoms with Crippen LogP contribution in [0, 0.1) is 5.41 Å². The lowest BCUT2D eigenvalue weighted by atomic mass is 9.87. The van der Waals surface area contributed by atoms with Crippen molar-refractivity contribution in [1.29, 1.82) is 0 Å². The first-order valence-electron chi connectivity index (χ1n) is 8.20. The van der Waals surface area contributed by atoms with Crippen molar-refractivity contribution in [3.63, 3.8) is 0 Å². The number of benzene rings is 1. The molecule has 1 amide bonds. The topological polar surface area (TPSA) is 58.4 Å². The van der Waals surface area contributed by atoms with Gasteiger partial charge < -0.3 is 11.1 Å². The minimum absolute atomic E-state index is 0.0857. The number of nitrogens with zero attached hydrogens (tertiary/aromatic N) is 1. The van der Waals surface area contributed by atoms with Crippen LogP contribution in [0.15, 0.2) is 24.3 Å². The Balaban J connectivity index is 1.88. The van der Waals surface area contributed by atoms with Crippen molar-refractivity contribution in [3.8, 4) is 0 Å². The molecule has 0 bridgehead atoms. The first-order chi connectivity index (χ1) is 10.4. The zero-order valence-corrected chi connectivity index (χ0v) is 14.1. The normalized spacial score (nSPS) is 17.5. The molecule has 1 saturated heterocycles. The molecule has 4 nitrogen and oxygen atoms in total. The van der Waals surface area contributed by atoms with Crippen LogP contribution in [0.25, 0.3) is 0 Å². The largest absolute Gasteiger partial charge is 0.351 e. The van der Waals surface area contributed by atoms with Gasteiger partial charge in [0.2, 0.25) is 5.91 Å². The summed E-state index contributed by atoms with van der Waals surface area (Å²) in [6, 6.07) is 7.97. The van der Waals surface area contributed by atoms with Crippen LogP contribution >= 0.6 is 0 Å². The molecule has 0 saturated carbocycles. The fourth-order valence-electron chi connectivity index (χ4n) is 2.73. The molecule has 22 heavy (non-hydrogen) atoms. The third kappa shape index (κ3) is 4.82. The van der Waals surface area contributed by atoms with Gasteiger partial charge in [-0.3, -0.25) is 9.69 Å². The molecule has 0 spiro atoms. The molecule has 1 aromatic rings. The minimum atomic E-state index is -0.486. The van der Waals surface area contributed by atoms with Gasteiger partial charge in [-0.2, -0.15) is 0 Å². The molecule has 1 fully saturated rings. The van der Waals surface area contributed by atoms with E-state index < -0.39 is 6.04 Å². The van der Waals surface area contributed by atoms with Crippen LogP contribution < -0.4 is 11.1 Å². The third-order valence-corrected chi connectivity index (χ3v) is 4.28. The van der Waals surface area contributed by atoms with Crippen molar-refractivity contribution in [2.75, 3.05) is 13.1 Å². The van der Waals surface area contributed by atoms with E-state index in [0.29, 0.717) is 6.54 Å². The van der Waals surface area contributed by atoms with Crippen LogP contribution in [0.3, 0.4) is 0 Å². The summed E-state index contributed by atoms with van der Waals surface area (Å²) in [4.78, 5) is 14.6. The zero-order chi connectivity index (χ0) is 16.2. The molecular weight excluding hydrogens is 274 g/mol. The van der Waals surface area contributed by atoms with Crippen molar-refractivity contribution < 1.29 is 4.79 Å². The number of carbonyl (C=O) groups is 1. The van der Waals surface area contributed by atoms with Crippen LogP contribution in [0.1, 0.15) is 44.7 Å². The smallest absolute Gasteiger partial charge is 0.237 e. The lowest BCUT2D eigenvalue weighted by Gasteiger charge is -2.25. The van der Waals surface area contributed by atoms with E-state index in [0.717, 1.165) is 12.1 Å². The number of amides is 1. The second-order valence-corrected chi connectivity index (χ2v) is 7.36. The number of nitrogens with one attached hydrogen (secondary N) is 1. The summed E-state index contributed by atoms with van der Waals surface area (Å²) in [6.45, 7) is 9.87. The van der Waals surface area contributed by atoms with E-state index in [1.165, 1.54) is 31.5 Å². The maximum Gasteiger partial charge on any atom is 0.237 e. The van der Waals surface area contributed by atoms with Gasteiger partial charge in [-0.1, -0.05) is 45.0 Å². The predicted molar refractivity (Wildman–Crippen MR) is 90.2 cm³/mol. The van der Waals surface area contributed by atoms with Gasteiger partial charge >= 0.3 is 0 Å². The Labute approximate surface area is 134 Å². The number of likely N-dealkylation sites (tertiary alicyclic amines) is 1. The number of hydrogen-bond donors (Lipinski definition) is 2. The monoisotopic (exact) mass is 303 g/mol. The summed E-state index contributed by atoms with van der Waals surface area (Å²) in [5.41, 5.74) is 8.20. The Morgan fingerprint density at radius 3 is 2.55 bits per heavy atom.